The number of hydrogen-bond acceptors (Lipinski definition) is 8. The monoisotopic (exact) mass is 493 g/mol. The number of carbonyl (C=O) groups is 3. The minimum atomic E-state index is -1.05. The molecule has 4 N–H and O–H groups in total. The molecule has 0 unspecified atom stereocenters. The molecule has 3 aliphatic rings. The highest BCUT2D eigenvalue weighted by molar-refractivity contribution is 6.01. The van der Waals surface area contributed by atoms with Crippen LogP contribution in [0, 0.1) is 5.92 Å². The van der Waals surface area contributed by atoms with E-state index in [1.54, 1.807) is 23.1 Å². The van der Waals surface area contributed by atoms with E-state index in [1.165, 1.54) is 0 Å². The van der Waals surface area contributed by atoms with Crippen LogP contribution in [0.1, 0.15) is 30.9 Å². The van der Waals surface area contributed by atoms with Gasteiger partial charge in [-0.15, -0.1) is 0 Å². The second kappa shape index (κ2) is 10.1. The van der Waals surface area contributed by atoms with E-state index in [4.69, 9.17) is 9.47 Å². The Bertz CT molecular complexity index is 1220. The van der Waals surface area contributed by atoms with Gasteiger partial charge < -0.3 is 35.4 Å². The summed E-state index contributed by atoms with van der Waals surface area (Å²) >= 11 is 0. The summed E-state index contributed by atoms with van der Waals surface area (Å²) in [4.78, 5) is 43.4. The van der Waals surface area contributed by atoms with E-state index < -0.39 is 17.9 Å². The normalized spacial score (nSPS) is 19.3. The number of fused-ring (bicyclic) bond motifs is 1. The zero-order chi connectivity index (χ0) is 25.1. The second-order valence-corrected chi connectivity index (χ2v) is 8.86. The summed E-state index contributed by atoms with van der Waals surface area (Å²) in [6.45, 7) is 1.90. The first-order valence-corrected chi connectivity index (χ1v) is 11.8. The number of guanidine groups is 1. The molecule has 2 aromatic carbocycles. The summed E-state index contributed by atoms with van der Waals surface area (Å²) < 4.78 is 10.7. The number of hydrogen-bond donors (Lipinski definition) is 4. The van der Waals surface area contributed by atoms with Gasteiger partial charge >= 0.3 is 5.97 Å². The molecule has 2 atom stereocenters. The van der Waals surface area contributed by atoms with Gasteiger partial charge in [0.25, 0.3) is 0 Å². The molecule has 1 fully saturated rings. The maximum absolute atomic E-state index is 13.1. The van der Waals surface area contributed by atoms with E-state index in [-0.39, 0.29) is 38.0 Å². The third kappa shape index (κ3) is 5.19. The molecular weight excluding hydrogens is 466 g/mol. The second-order valence-electron chi connectivity index (χ2n) is 8.86. The van der Waals surface area contributed by atoms with Gasteiger partial charge in [-0.25, -0.2) is 0 Å². The lowest BCUT2D eigenvalue weighted by atomic mass is 10.0. The molecule has 1 saturated heterocycles. The van der Waals surface area contributed by atoms with Gasteiger partial charge in [0.05, 0.1) is 18.4 Å². The van der Waals surface area contributed by atoms with Crippen molar-refractivity contribution in [2.45, 2.75) is 25.3 Å². The van der Waals surface area contributed by atoms with Gasteiger partial charge in [0.1, 0.15) is 0 Å². The fraction of sp³-hybridized carbons (Fsp3) is 0.360. The van der Waals surface area contributed by atoms with Crippen LogP contribution in [0.3, 0.4) is 0 Å². The van der Waals surface area contributed by atoms with Gasteiger partial charge in [0.2, 0.25) is 18.6 Å². The molecule has 2 aromatic rings. The molecule has 188 valence electrons. The first-order chi connectivity index (χ1) is 17.5. The molecule has 5 rings (SSSR count). The lowest BCUT2D eigenvalue weighted by Gasteiger charge is -2.21. The third-order valence-corrected chi connectivity index (χ3v) is 6.31. The molecule has 3 aliphatic heterocycles. The van der Waals surface area contributed by atoms with E-state index in [0.29, 0.717) is 28.7 Å². The van der Waals surface area contributed by atoms with Crippen molar-refractivity contribution in [3.05, 3.63) is 48.0 Å². The van der Waals surface area contributed by atoms with E-state index in [0.717, 1.165) is 25.2 Å². The van der Waals surface area contributed by atoms with Crippen LogP contribution in [0.25, 0.3) is 0 Å². The number of carboxylic acid groups (broad SMARTS) is 1. The van der Waals surface area contributed by atoms with Crippen LogP contribution < -0.4 is 30.3 Å². The van der Waals surface area contributed by atoms with Crippen LogP contribution in [0.4, 0.5) is 11.4 Å². The Balaban J connectivity index is 1.27. The Kier molecular flexibility index (Phi) is 6.61. The summed E-state index contributed by atoms with van der Waals surface area (Å²) in [5.74, 6) is -0.437. The van der Waals surface area contributed by atoms with Crippen molar-refractivity contribution >= 4 is 35.1 Å². The minimum Gasteiger partial charge on any atom is -0.481 e. The molecule has 36 heavy (non-hydrogen) atoms. The number of ether oxygens (including phenoxy) is 2. The van der Waals surface area contributed by atoms with Crippen LogP contribution >= 0.6 is 0 Å². The summed E-state index contributed by atoms with van der Waals surface area (Å²) in [6.07, 6.45) is 0.721. The molecule has 0 saturated carbocycles. The topological polar surface area (TPSA) is 142 Å². The number of amides is 2. The van der Waals surface area contributed by atoms with Crippen molar-refractivity contribution in [1.29, 1.82) is 0 Å². The average Bonchev–Trinajstić information content (AvgIpc) is 3.50. The van der Waals surface area contributed by atoms with Crippen molar-refractivity contribution in [2.75, 3.05) is 36.6 Å². The van der Waals surface area contributed by atoms with Gasteiger partial charge in [-0.05, 0) is 42.3 Å². The highest BCUT2D eigenvalue weighted by atomic mass is 16.7. The summed E-state index contributed by atoms with van der Waals surface area (Å²) in [5, 5.41) is 18.6. The lowest BCUT2D eigenvalue weighted by Crippen LogP contribution is -2.36. The van der Waals surface area contributed by atoms with Crippen molar-refractivity contribution in [2.24, 2.45) is 10.9 Å². The van der Waals surface area contributed by atoms with E-state index in [2.05, 4.69) is 20.9 Å². The predicted molar refractivity (Wildman–Crippen MR) is 131 cm³/mol. The summed E-state index contributed by atoms with van der Waals surface area (Å²) in [7, 11) is 0. The van der Waals surface area contributed by atoms with E-state index in [1.807, 2.05) is 24.3 Å². The smallest absolute Gasteiger partial charge is 0.305 e. The van der Waals surface area contributed by atoms with Crippen LogP contribution in [-0.2, 0) is 14.4 Å². The van der Waals surface area contributed by atoms with Gasteiger partial charge in [-0.2, -0.15) is 0 Å². The highest BCUT2D eigenvalue weighted by Gasteiger charge is 2.36. The fourth-order valence-electron chi connectivity index (χ4n) is 4.48. The minimum absolute atomic E-state index is 0.0404. The maximum Gasteiger partial charge on any atom is 0.305 e. The molecule has 0 bridgehead atoms. The standard InChI is InChI=1S/C25H27N5O6/c31-22-10-16(13-30(22)18-4-1-3-17(11-18)28-25-26-7-2-8-27-25)24(34)29-19(12-23(32)33)15-5-6-20-21(9-15)36-14-35-20/h1,3-6,9,11,16,19H,2,7-8,10,12-14H2,(H,29,34)(H,32,33)(H2,26,27,28)/t16-,19-/m1/s1. The fourth-order valence-corrected chi connectivity index (χ4v) is 4.48. The van der Waals surface area contributed by atoms with Crippen molar-refractivity contribution in [1.82, 2.24) is 10.6 Å². The van der Waals surface area contributed by atoms with Crippen LogP contribution in [0.5, 0.6) is 11.5 Å². The zero-order valence-electron chi connectivity index (χ0n) is 19.5. The number of aliphatic imine (C=N–C) groups is 1. The Morgan fingerprint density at radius 1 is 1.19 bits per heavy atom. The van der Waals surface area contributed by atoms with Crippen LogP contribution in [0.2, 0.25) is 0 Å². The summed E-state index contributed by atoms with van der Waals surface area (Å²) in [6, 6.07) is 11.7. The van der Waals surface area contributed by atoms with Crippen molar-refractivity contribution < 1.29 is 29.0 Å². The molecule has 3 heterocycles. The van der Waals surface area contributed by atoms with Gasteiger partial charge in [-0.1, -0.05) is 12.1 Å². The third-order valence-electron chi connectivity index (χ3n) is 6.31. The molecular formula is C25H27N5O6. The Hall–Kier alpha value is -4.28. The predicted octanol–water partition coefficient (Wildman–Crippen LogP) is 1.86. The Morgan fingerprint density at radius 3 is 2.86 bits per heavy atom. The maximum atomic E-state index is 13.1. The molecule has 0 radical (unpaired) electrons. The molecule has 0 aromatic heterocycles. The van der Waals surface area contributed by atoms with Crippen molar-refractivity contribution in [3.63, 3.8) is 0 Å². The number of anilines is 2. The number of carbonyl (C=O) groups excluding carboxylic acids is 2. The lowest BCUT2D eigenvalue weighted by molar-refractivity contribution is -0.138. The average molecular weight is 494 g/mol. The highest BCUT2D eigenvalue weighted by Crippen LogP contribution is 2.35. The van der Waals surface area contributed by atoms with Gasteiger partial charge in [-0.3, -0.25) is 19.4 Å². The van der Waals surface area contributed by atoms with Gasteiger partial charge in [0.15, 0.2) is 17.5 Å². The first kappa shape index (κ1) is 23.5. The number of aliphatic carboxylic acids is 1. The number of benzene rings is 2. The molecule has 11 nitrogen and oxygen atoms in total. The quantitative estimate of drug-likeness (QED) is 0.458. The summed E-state index contributed by atoms with van der Waals surface area (Å²) in [5.41, 5.74) is 2.05. The number of carboxylic acids is 1. The van der Waals surface area contributed by atoms with Crippen LogP contribution in [0.15, 0.2) is 47.5 Å². The molecule has 2 amide bonds. The molecule has 11 heteroatoms. The van der Waals surface area contributed by atoms with E-state index in [9.17, 15) is 19.5 Å². The van der Waals surface area contributed by atoms with E-state index >= 15 is 0 Å². The first-order valence-electron chi connectivity index (χ1n) is 11.8. The largest absolute Gasteiger partial charge is 0.481 e. The number of rotatable bonds is 7. The molecule has 0 aliphatic carbocycles. The zero-order valence-corrected chi connectivity index (χ0v) is 19.5. The SMILES string of the molecule is O=C(O)C[C@@H](NC(=O)[C@@H]1CC(=O)N(c2cccc(NC3=NCCCN3)c2)C1)c1ccc2c(c1)OCO2. The van der Waals surface area contributed by atoms with Crippen molar-refractivity contribution in [3.8, 4) is 11.5 Å². The molecule has 0 spiro atoms. The number of nitrogens with zero attached hydrogens (tertiary/aromatic N) is 2. The van der Waals surface area contributed by atoms with Gasteiger partial charge in [0, 0.05) is 37.4 Å². The Morgan fingerprint density at radius 2 is 2.06 bits per heavy atom. The Labute approximate surface area is 207 Å². The van der Waals surface area contributed by atoms with Crippen LogP contribution in [-0.4, -0.2) is 55.3 Å². The number of nitrogens with one attached hydrogen (secondary N) is 3.